The maximum Gasteiger partial charge on any atom is 0.269 e. The molecule has 0 aliphatic heterocycles. The zero-order chi connectivity index (χ0) is 13.0. The molecule has 0 amide bonds. The first-order valence-corrected chi connectivity index (χ1v) is 5.61. The molecule has 1 N–H and O–H groups in total. The Bertz CT molecular complexity index is 534. The third-order valence-corrected chi connectivity index (χ3v) is 2.44. The molecule has 2 aromatic rings. The number of non-ortho nitro benzene ring substituents is 1. The summed E-state index contributed by atoms with van der Waals surface area (Å²) >= 11 is 0. The highest BCUT2D eigenvalue weighted by molar-refractivity contribution is 5.58. The van der Waals surface area contributed by atoms with Gasteiger partial charge < -0.3 is 9.73 Å². The van der Waals surface area contributed by atoms with Gasteiger partial charge in [0.25, 0.3) is 5.69 Å². The van der Waals surface area contributed by atoms with Crippen molar-refractivity contribution in [2.75, 3.05) is 6.54 Å². The normalized spacial score (nSPS) is 10.5. The van der Waals surface area contributed by atoms with Gasteiger partial charge in [-0.3, -0.25) is 10.1 Å². The number of hydrogen-bond donors (Lipinski definition) is 1. The Morgan fingerprint density at radius 3 is 2.72 bits per heavy atom. The Morgan fingerprint density at radius 1 is 1.39 bits per heavy atom. The maximum atomic E-state index is 10.5. The zero-order valence-electron chi connectivity index (χ0n) is 9.92. The van der Waals surface area contributed by atoms with Crippen molar-refractivity contribution in [2.24, 2.45) is 0 Å². The monoisotopic (exact) mass is 247 g/mol. The van der Waals surface area contributed by atoms with Gasteiger partial charge >= 0.3 is 0 Å². The summed E-state index contributed by atoms with van der Waals surface area (Å²) in [6, 6.07) is 6.19. The van der Waals surface area contributed by atoms with Gasteiger partial charge in [-0.15, -0.1) is 0 Å². The van der Waals surface area contributed by atoms with Crippen molar-refractivity contribution in [2.45, 2.75) is 13.5 Å². The van der Waals surface area contributed by atoms with E-state index in [1.54, 1.807) is 18.3 Å². The molecule has 18 heavy (non-hydrogen) atoms. The van der Waals surface area contributed by atoms with Crippen LogP contribution >= 0.6 is 0 Å². The van der Waals surface area contributed by atoms with Crippen molar-refractivity contribution in [1.82, 2.24) is 10.3 Å². The van der Waals surface area contributed by atoms with E-state index in [1.165, 1.54) is 12.1 Å². The number of nitro benzene ring substituents is 1. The Balaban J connectivity index is 2.15. The molecule has 0 fully saturated rings. The molecule has 1 aromatic heterocycles. The van der Waals surface area contributed by atoms with Crippen LogP contribution in [0.15, 0.2) is 34.9 Å². The predicted molar refractivity (Wildman–Crippen MR) is 66.0 cm³/mol. The topological polar surface area (TPSA) is 81.2 Å². The summed E-state index contributed by atoms with van der Waals surface area (Å²) in [6.45, 7) is 3.42. The summed E-state index contributed by atoms with van der Waals surface area (Å²) in [5.41, 5.74) is 0.835. The Kier molecular flexibility index (Phi) is 3.69. The molecule has 0 unspecified atom stereocenters. The van der Waals surface area contributed by atoms with Crippen molar-refractivity contribution < 1.29 is 9.34 Å². The van der Waals surface area contributed by atoms with Crippen LogP contribution in [0.4, 0.5) is 5.69 Å². The highest BCUT2D eigenvalue weighted by atomic mass is 16.6. The fraction of sp³-hybridized carbons (Fsp3) is 0.250. The van der Waals surface area contributed by atoms with E-state index in [2.05, 4.69) is 10.3 Å². The molecule has 94 valence electrons. The minimum atomic E-state index is -0.430. The Morgan fingerprint density at radius 2 is 2.11 bits per heavy atom. The van der Waals surface area contributed by atoms with Gasteiger partial charge in [-0.05, 0) is 18.7 Å². The van der Waals surface area contributed by atoms with Crippen LogP contribution in [0.1, 0.15) is 12.8 Å². The van der Waals surface area contributed by atoms with Crippen LogP contribution in [0.3, 0.4) is 0 Å². The standard InChI is InChI=1S/C12H13N3O3/c1-2-13-8-12-14-7-11(18-12)9-3-5-10(6-4-9)15(16)17/h3-7,13H,2,8H2,1H3. The van der Waals surface area contributed by atoms with E-state index in [-0.39, 0.29) is 5.69 Å². The lowest BCUT2D eigenvalue weighted by Gasteiger charge is -1.97. The first-order valence-electron chi connectivity index (χ1n) is 5.61. The number of benzene rings is 1. The molecule has 0 aliphatic rings. The number of rotatable bonds is 5. The van der Waals surface area contributed by atoms with Gasteiger partial charge in [0.15, 0.2) is 5.76 Å². The number of oxazole rings is 1. The lowest BCUT2D eigenvalue weighted by atomic mass is 10.2. The molecule has 6 nitrogen and oxygen atoms in total. The van der Waals surface area contributed by atoms with Gasteiger partial charge in [0.05, 0.1) is 17.7 Å². The van der Waals surface area contributed by atoms with Crippen LogP contribution in [0.5, 0.6) is 0 Å². The summed E-state index contributed by atoms with van der Waals surface area (Å²) in [7, 11) is 0. The van der Waals surface area contributed by atoms with Crippen LogP contribution in [0, 0.1) is 10.1 Å². The van der Waals surface area contributed by atoms with Crippen molar-refractivity contribution >= 4 is 5.69 Å². The highest BCUT2D eigenvalue weighted by Gasteiger charge is 2.08. The second-order valence-corrected chi connectivity index (χ2v) is 3.70. The van der Waals surface area contributed by atoms with E-state index in [4.69, 9.17) is 4.42 Å². The first kappa shape index (κ1) is 12.3. The second-order valence-electron chi connectivity index (χ2n) is 3.70. The lowest BCUT2D eigenvalue weighted by molar-refractivity contribution is -0.384. The van der Waals surface area contributed by atoms with Crippen LogP contribution in [-0.4, -0.2) is 16.5 Å². The molecule has 0 bridgehead atoms. The Labute approximate surface area is 104 Å². The van der Waals surface area contributed by atoms with E-state index >= 15 is 0 Å². The van der Waals surface area contributed by atoms with Crippen LogP contribution in [0.2, 0.25) is 0 Å². The van der Waals surface area contributed by atoms with Gasteiger partial charge in [-0.25, -0.2) is 4.98 Å². The van der Waals surface area contributed by atoms with Crippen LogP contribution in [-0.2, 0) is 6.54 Å². The zero-order valence-corrected chi connectivity index (χ0v) is 9.92. The number of nitrogens with one attached hydrogen (secondary N) is 1. The average molecular weight is 247 g/mol. The fourth-order valence-corrected chi connectivity index (χ4v) is 1.50. The smallest absolute Gasteiger partial charge is 0.269 e. The molecule has 2 rings (SSSR count). The van der Waals surface area contributed by atoms with E-state index in [0.717, 1.165) is 12.1 Å². The van der Waals surface area contributed by atoms with E-state index in [9.17, 15) is 10.1 Å². The van der Waals surface area contributed by atoms with E-state index in [0.29, 0.717) is 18.2 Å². The molecule has 0 spiro atoms. The minimum absolute atomic E-state index is 0.0612. The van der Waals surface area contributed by atoms with Crippen molar-refractivity contribution in [1.29, 1.82) is 0 Å². The number of nitrogens with zero attached hydrogens (tertiary/aromatic N) is 2. The van der Waals surface area contributed by atoms with Crippen molar-refractivity contribution in [3.05, 3.63) is 46.5 Å². The average Bonchev–Trinajstić information content (AvgIpc) is 2.85. The molecule has 1 heterocycles. The van der Waals surface area contributed by atoms with Crippen molar-refractivity contribution in [3.63, 3.8) is 0 Å². The molecule has 1 aromatic carbocycles. The number of nitro groups is 1. The van der Waals surface area contributed by atoms with Gasteiger partial charge in [0.2, 0.25) is 5.89 Å². The molecular formula is C12H13N3O3. The third kappa shape index (κ3) is 2.72. The van der Waals surface area contributed by atoms with Gasteiger partial charge in [-0.1, -0.05) is 6.92 Å². The van der Waals surface area contributed by atoms with Crippen molar-refractivity contribution in [3.8, 4) is 11.3 Å². The summed E-state index contributed by atoms with van der Waals surface area (Å²) in [4.78, 5) is 14.2. The summed E-state index contributed by atoms with van der Waals surface area (Å²) in [5, 5.41) is 13.6. The largest absolute Gasteiger partial charge is 0.439 e. The molecule has 0 atom stereocenters. The summed E-state index contributed by atoms with van der Waals surface area (Å²) in [5.74, 6) is 1.21. The maximum absolute atomic E-state index is 10.5. The Hall–Kier alpha value is -2.21. The number of aromatic nitrogens is 1. The summed E-state index contributed by atoms with van der Waals surface area (Å²) < 4.78 is 5.53. The number of hydrogen-bond acceptors (Lipinski definition) is 5. The predicted octanol–water partition coefficient (Wildman–Crippen LogP) is 2.36. The molecule has 0 saturated heterocycles. The minimum Gasteiger partial charge on any atom is -0.439 e. The third-order valence-electron chi connectivity index (χ3n) is 2.44. The van der Waals surface area contributed by atoms with E-state index in [1.807, 2.05) is 6.92 Å². The van der Waals surface area contributed by atoms with E-state index < -0.39 is 4.92 Å². The SMILES string of the molecule is CCNCc1ncc(-c2ccc([N+](=O)[O-])cc2)o1. The fourth-order valence-electron chi connectivity index (χ4n) is 1.50. The quantitative estimate of drug-likeness (QED) is 0.648. The molecular weight excluding hydrogens is 234 g/mol. The lowest BCUT2D eigenvalue weighted by Crippen LogP contribution is -2.11. The highest BCUT2D eigenvalue weighted by Crippen LogP contribution is 2.22. The first-order chi connectivity index (χ1) is 8.70. The molecule has 0 radical (unpaired) electrons. The summed E-state index contributed by atoms with van der Waals surface area (Å²) in [6.07, 6.45) is 1.62. The molecule has 0 aliphatic carbocycles. The second kappa shape index (κ2) is 5.42. The van der Waals surface area contributed by atoms with Crippen LogP contribution in [0.25, 0.3) is 11.3 Å². The van der Waals surface area contributed by atoms with Crippen LogP contribution < -0.4 is 5.32 Å². The van der Waals surface area contributed by atoms with Gasteiger partial charge in [0, 0.05) is 17.7 Å². The van der Waals surface area contributed by atoms with Gasteiger partial charge in [0.1, 0.15) is 0 Å². The van der Waals surface area contributed by atoms with Gasteiger partial charge in [-0.2, -0.15) is 0 Å². The molecule has 6 heteroatoms. The molecule has 0 saturated carbocycles.